The molecule has 0 amide bonds. The highest BCUT2D eigenvalue weighted by atomic mass is 16.5. The van der Waals surface area contributed by atoms with Crippen LogP contribution in [0.3, 0.4) is 0 Å². The van der Waals surface area contributed by atoms with Gasteiger partial charge in [-0.05, 0) is 32.4 Å². The summed E-state index contributed by atoms with van der Waals surface area (Å²) >= 11 is 0. The van der Waals surface area contributed by atoms with Gasteiger partial charge in [-0.2, -0.15) is 5.10 Å². The number of rotatable bonds is 11. The fourth-order valence-corrected chi connectivity index (χ4v) is 3.71. The minimum atomic E-state index is -0.335. The van der Waals surface area contributed by atoms with E-state index < -0.39 is 0 Å². The number of unbranched alkanes of at least 4 members (excludes halogenated alkanes) is 1. The first kappa shape index (κ1) is 23.0. The molecule has 0 saturated carbocycles. The molecule has 1 unspecified atom stereocenters. The highest BCUT2D eigenvalue weighted by Gasteiger charge is 2.24. The molecule has 0 radical (unpaired) electrons. The molecule has 0 saturated heterocycles. The number of ether oxygens (including phenoxy) is 1. The van der Waals surface area contributed by atoms with E-state index in [1.165, 1.54) is 0 Å². The molecule has 0 bridgehead atoms. The third-order valence-corrected chi connectivity index (χ3v) is 5.52. The van der Waals surface area contributed by atoms with E-state index in [-0.39, 0.29) is 12.1 Å². The maximum absolute atomic E-state index is 10.6. The van der Waals surface area contributed by atoms with Gasteiger partial charge in [-0.25, -0.2) is 4.68 Å². The molecule has 3 rings (SSSR count). The van der Waals surface area contributed by atoms with Gasteiger partial charge in [-0.3, -0.25) is 4.90 Å². The minimum absolute atomic E-state index is 0.282. The van der Waals surface area contributed by atoms with Crippen molar-refractivity contribution in [1.82, 2.24) is 14.7 Å². The van der Waals surface area contributed by atoms with E-state index in [0.717, 1.165) is 47.7 Å². The standard InChI is InChI=1S/C26H35N3O2/c1-5-6-15-22(30)18-29(20(2)3)19-24-25(21-13-9-7-10-14-21)27-28(4)26(24)31-23-16-11-8-12-17-23/h7-14,16-17,20,22,30H,5-6,15,18-19H2,1-4H3. The highest BCUT2D eigenvalue weighted by molar-refractivity contribution is 5.65. The number of nitrogens with zero attached hydrogens (tertiary/aromatic N) is 3. The van der Waals surface area contributed by atoms with Crippen LogP contribution < -0.4 is 4.74 Å². The third kappa shape index (κ3) is 6.18. The first-order chi connectivity index (χ1) is 15.0. The number of benzene rings is 2. The number of aliphatic hydroxyl groups is 1. The van der Waals surface area contributed by atoms with E-state index in [9.17, 15) is 5.11 Å². The molecule has 5 heteroatoms. The molecule has 1 atom stereocenters. The van der Waals surface area contributed by atoms with Gasteiger partial charge in [0.25, 0.3) is 0 Å². The van der Waals surface area contributed by atoms with Crippen LogP contribution in [0.4, 0.5) is 0 Å². The predicted molar refractivity (Wildman–Crippen MR) is 126 cm³/mol. The summed E-state index contributed by atoms with van der Waals surface area (Å²) in [6, 6.07) is 20.3. The lowest BCUT2D eigenvalue weighted by Crippen LogP contribution is -2.37. The lowest BCUT2D eigenvalue weighted by atomic mass is 10.1. The number of aryl methyl sites for hydroxylation is 1. The Balaban J connectivity index is 1.96. The van der Waals surface area contributed by atoms with Crippen LogP contribution in [0, 0.1) is 0 Å². The minimum Gasteiger partial charge on any atom is -0.439 e. The fraction of sp³-hybridized carbons (Fsp3) is 0.423. The van der Waals surface area contributed by atoms with Crippen LogP contribution in [0.1, 0.15) is 45.6 Å². The molecule has 0 fully saturated rings. The summed E-state index contributed by atoms with van der Waals surface area (Å²) in [7, 11) is 1.92. The Morgan fingerprint density at radius 3 is 2.29 bits per heavy atom. The Bertz CT molecular complexity index is 923. The molecular weight excluding hydrogens is 386 g/mol. The van der Waals surface area contributed by atoms with Crippen LogP contribution in [0.5, 0.6) is 11.6 Å². The van der Waals surface area contributed by atoms with Crippen molar-refractivity contribution in [2.24, 2.45) is 7.05 Å². The van der Waals surface area contributed by atoms with Gasteiger partial charge in [-0.15, -0.1) is 0 Å². The molecule has 0 aliphatic carbocycles. The van der Waals surface area contributed by atoms with E-state index in [2.05, 4.69) is 37.8 Å². The Kier molecular flexibility index (Phi) is 8.27. The van der Waals surface area contributed by atoms with Crippen molar-refractivity contribution in [3.8, 4) is 22.9 Å². The summed E-state index contributed by atoms with van der Waals surface area (Å²) in [5.41, 5.74) is 3.02. The lowest BCUT2D eigenvalue weighted by molar-refractivity contribution is 0.0829. The molecule has 31 heavy (non-hydrogen) atoms. The second-order valence-corrected chi connectivity index (χ2v) is 8.36. The molecule has 1 aromatic heterocycles. The van der Waals surface area contributed by atoms with Crippen LogP contribution in [0.25, 0.3) is 11.3 Å². The van der Waals surface area contributed by atoms with Crippen molar-refractivity contribution in [3.05, 3.63) is 66.2 Å². The van der Waals surface area contributed by atoms with Crippen LogP contribution in [-0.2, 0) is 13.6 Å². The normalized spacial score (nSPS) is 12.5. The molecule has 0 aliphatic rings. The van der Waals surface area contributed by atoms with Gasteiger partial charge in [0.15, 0.2) is 0 Å². The summed E-state index contributed by atoms with van der Waals surface area (Å²) in [5.74, 6) is 1.52. The topological polar surface area (TPSA) is 50.5 Å². The van der Waals surface area contributed by atoms with Crippen LogP contribution in [-0.4, -0.2) is 38.5 Å². The number of aromatic nitrogens is 2. The van der Waals surface area contributed by atoms with Crippen LogP contribution in [0.2, 0.25) is 0 Å². The smallest absolute Gasteiger partial charge is 0.222 e. The van der Waals surface area contributed by atoms with E-state index in [1.54, 1.807) is 0 Å². The van der Waals surface area contributed by atoms with Crippen molar-refractivity contribution in [1.29, 1.82) is 0 Å². The average molecular weight is 422 g/mol. The molecule has 0 aliphatic heterocycles. The van der Waals surface area contributed by atoms with Gasteiger partial charge < -0.3 is 9.84 Å². The second kappa shape index (κ2) is 11.1. The van der Waals surface area contributed by atoms with Crippen molar-refractivity contribution in [2.45, 2.75) is 58.7 Å². The number of para-hydroxylation sites is 1. The van der Waals surface area contributed by atoms with Gasteiger partial charge in [-0.1, -0.05) is 68.3 Å². The number of hydrogen-bond donors (Lipinski definition) is 1. The van der Waals surface area contributed by atoms with Gasteiger partial charge in [0, 0.05) is 31.7 Å². The predicted octanol–water partition coefficient (Wildman–Crippen LogP) is 5.64. The zero-order valence-corrected chi connectivity index (χ0v) is 19.2. The second-order valence-electron chi connectivity index (χ2n) is 8.36. The zero-order chi connectivity index (χ0) is 22.2. The summed E-state index contributed by atoms with van der Waals surface area (Å²) in [6.07, 6.45) is 2.62. The molecular formula is C26H35N3O2. The first-order valence-corrected chi connectivity index (χ1v) is 11.3. The van der Waals surface area contributed by atoms with Gasteiger partial charge >= 0.3 is 0 Å². The highest BCUT2D eigenvalue weighted by Crippen LogP contribution is 2.34. The Hall–Kier alpha value is -2.63. The van der Waals surface area contributed by atoms with E-state index >= 15 is 0 Å². The molecule has 1 N–H and O–H groups in total. The summed E-state index contributed by atoms with van der Waals surface area (Å²) in [4.78, 5) is 2.31. The number of hydrogen-bond acceptors (Lipinski definition) is 4. The van der Waals surface area contributed by atoms with E-state index in [0.29, 0.717) is 13.1 Å². The monoisotopic (exact) mass is 421 g/mol. The maximum Gasteiger partial charge on any atom is 0.222 e. The van der Waals surface area contributed by atoms with Gasteiger partial charge in [0.2, 0.25) is 5.88 Å². The lowest BCUT2D eigenvalue weighted by Gasteiger charge is -2.29. The quantitative estimate of drug-likeness (QED) is 0.435. The molecule has 166 valence electrons. The summed E-state index contributed by atoms with van der Waals surface area (Å²) in [5, 5.41) is 15.4. The SMILES string of the molecule is CCCCC(O)CN(Cc1c(-c2ccccc2)nn(C)c1Oc1ccccc1)C(C)C. The molecule has 1 heterocycles. The van der Waals surface area contributed by atoms with Gasteiger partial charge in [0.1, 0.15) is 11.4 Å². The average Bonchev–Trinajstić information content (AvgIpc) is 3.08. The van der Waals surface area contributed by atoms with Gasteiger partial charge in [0.05, 0.1) is 11.7 Å². The molecule has 0 spiro atoms. The van der Waals surface area contributed by atoms with E-state index in [1.807, 2.05) is 60.3 Å². The Morgan fingerprint density at radius 2 is 1.68 bits per heavy atom. The Morgan fingerprint density at radius 1 is 1.03 bits per heavy atom. The summed E-state index contributed by atoms with van der Waals surface area (Å²) < 4.78 is 8.12. The van der Waals surface area contributed by atoms with Crippen LogP contribution in [0.15, 0.2) is 60.7 Å². The van der Waals surface area contributed by atoms with Crippen LogP contribution >= 0.6 is 0 Å². The Labute approximate surface area is 186 Å². The maximum atomic E-state index is 10.6. The number of aliphatic hydroxyl groups excluding tert-OH is 1. The molecule has 2 aromatic carbocycles. The van der Waals surface area contributed by atoms with Crippen molar-refractivity contribution >= 4 is 0 Å². The van der Waals surface area contributed by atoms with Crippen molar-refractivity contribution in [2.75, 3.05) is 6.54 Å². The largest absolute Gasteiger partial charge is 0.439 e. The summed E-state index contributed by atoms with van der Waals surface area (Å²) in [6.45, 7) is 7.78. The third-order valence-electron chi connectivity index (χ3n) is 5.52. The zero-order valence-electron chi connectivity index (χ0n) is 19.2. The molecule has 5 nitrogen and oxygen atoms in total. The van der Waals surface area contributed by atoms with Crippen molar-refractivity contribution < 1.29 is 9.84 Å². The van der Waals surface area contributed by atoms with E-state index in [4.69, 9.17) is 9.84 Å². The van der Waals surface area contributed by atoms with Crippen molar-refractivity contribution in [3.63, 3.8) is 0 Å². The first-order valence-electron chi connectivity index (χ1n) is 11.3. The molecule has 3 aromatic rings. The fourth-order valence-electron chi connectivity index (χ4n) is 3.71.